The van der Waals surface area contributed by atoms with Crippen LogP contribution in [0.4, 0.5) is 0 Å². The Morgan fingerprint density at radius 2 is 2.04 bits per heavy atom. The minimum Gasteiger partial charge on any atom is -0.493 e. The van der Waals surface area contributed by atoms with E-state index in [2.05, 4.69) is 11.9 Å². The van der Waals surface area contributed by atoms with Gasteiger partial charge in [-0.3, -0.25) is 10.1 Å². The molecular weight excluding hydrogens is 368 g/mol. The SMILES string of the molecule is CCCc1nc(CO)c(C2Cc3cc(OC)c(OC)cc3C=C2[N+](=O)[O-])s1. The van der Waals surface area contributed by atoms with E-state index < -0.39 is 5.92 Å². The number of aliphatic hydroxyl groups excluding tert-OH is 1. The van der Waals surface area contributed by atoms with E-state index in [0.717, 1.165) is 33.9 Å². The lowest BCUT2D eigenvalue weighted by Gasteiger charge is -2.22. The smallest absolute Gasteiger partial charge is 0.255 e. The number of nitro groups is 1. The minimum atomic E-state index is -0.448. The molecule has 0 amide bonds. The summed E-state index contributed by atoms with van der Waals surface area (Å²) in [6, 6.07) is 3.62. The van der Waals surface area contributed by atoms with Crippen LogP contribution in [0, 0.1) is 10.1 Å². The van der Waals surface area contributed by atoms with Crippen LogP contribution in [-0.2, 0) is 19.4 Å². The van der Waals surface area contributed by atoms with Gasteiger partial charge < -0.3 is 14.6 Å². The molecule has 0 bridgehead atoms. The molecule has 1 unspecified atom stereocenters. The molecule has 144 valence electrons. The topological polar surface area (TPSA) is 94.7 Å². The van der Waals surface area contributed by atoms with Gasteiger partial charge in [0.25, 0.3) is 5.70 Å². The first-order valence-corrected chi connectivity index (χ1v) is 9.54. The van der Waals surface area contributed by atoms with E-state index in [1.807, 2.05) is 6.07 Å². The maximum absolute atomic E-state index is 11.8. The molecule has 8 heteroatoms. The van der Waals surface area contributed by atoms with Gasteiger partial charge in [-0.2, -0.15) is 0 Å². The molecule has 0 saturated carbocycles. The number of nitrogens with zero attached hydrogens (tertiary/aromatic N) is 2. The first-order valence-electron chi connectivity index (χ1n) is 8.72. The lowest BCUT2D eigenvalue weighted by molar-refractivity contribution is -0.428. The molecule has 1 atom stereocenters. The summed E-state index contributed by atoms with van der Waals surface area (Å²) in [6.45, 7) is 1.83. The normalized spacial score (nSPS) is 15.9. The fraction of sp³-hybridized carbons (Fsp3) is 0.421. The molecule has 0 spiro atoms. The van der Waals surface area contributed by atoms with Crippen molar-refractivity contribution in [1.29, 1.82) is 0 Å². The van der Waals surface area contributed by atoms with E-state index in [0.29, 0.717) is 23.6 Å². The molecule has 0 radical (unpaired) electrons. The Kier molecular flexibility index (Phi) is 5.76. The number of thiazole rings is 1. The number of rotatable bonds is 7. The molecule has 27 heavy (non-hydrogen) atoms. The summed E-state index contributed by atoms with van der Waals surface area (Å²) in [4.78, 5) is 16.7. The van der Waals surface area contributed by atoms with Crippen LogP contribution in [0.3, 0.4) is 0 Å². The van der Waals surface area contributed by atoms with Crippen molar-refractivity contribution < 1.29 is 19.5 Å². The van der Waals surface area contributed by atoms with Gasteiger partial charge in [-0.15, -0.1) is 11.3 Å². The molecular formula is C19H22N2O5S. The van der Waals surface area contributed by atoms with E-state index in [-0.39, 0.29) is 17.2 Å². The zero-order valence-corrected chi connectivity index (χ0v) is 16.3. The number of benzene rings is 1. The highest BCUT2D eigenvalue weighted by Crippen LogP contribution is 2.43. The Balaban J connectivity index is 2.10. The third-order valence-corrected chi connectivity index (χ3v) is 5.91. The largest absolute Gasteiger partial charge is 0.493 e. The van der Waals surface area contributed by atoms with Gasteiger partial charge in [0.1, 0.15) is 0 Å². The van der Waals surface area contributed by atoms with Crippen LogP contribution >= 0.6 is 11.3 Å². The van der Waals surface area contributed by atoms with E-state index in [1.54, 1.807) is 19.3 Å². The summed E-state index contributed by atoms with van der Waals surface area (Å²) in [6.07, 6.45) is 3.76. The van der Waals surface area contributed by atoms with Crippen molar-refractivity contribution in [2.75, 3.05) is 14.2 Å². The molecule has 1 N–H and O–H groups in total. The van der Waals surface area contributed by atoms with E-state index in [4.69, 9.17) is 9.47 Å². The maximum Gasteiger partial charge on any atom is 0.255 e. The average molecular weight is 390 g/mol. The van der Waals surface area contributed by atoms with Crippen molar-refractivity contribution >= 4 is 17.4 Å². The average Bonchev–Trinajstić information content (AvgIpc) is 3.08. The fourth-order valence-corrected chi connectivity index (χ4v) is 4.65. The highest BCUT2D eigenvalue weighted by atomic mass is 32.1. The Bertz CT molecular complexity index is 890. The van der Waals surface area contributed by atoms with Crippen molar-refractivity contribution in [1.82, 2.24) is 4.98 Å². The summed E-state index contributed by atoms with van der Waals surface area (Å²) >= 11 is 1.46. The van der Waals surface area contributed by atoms with E-state index in [9.17, 15) is 15.2 Å². The number of ether oxygens (including phenoxy) is 2. The molecule has 1 aliphatic rings. The highest BCUT2D eigenvalue weighted by Gasteiger charge is 2.35. The fourth-order valence-electron chi connectivity index (χ4n) is 3.36. The zero-order valence-electron chi connectivity index (χ0n) is 15.5. The molecule has 7 nitrogen and oxygen atoms in total. The Morgan fingerprint density at radius 1 is 1.33 bits per heavy atom. The van der Waals surface area contributed by atoms with Crippen LogP contribution < -0.4 is 9.47 Å². The van der Waals surface area contributed by atoms with Crippen molar-refractivity contribution in [3.8, 4) is 11.5 Å². The van der Waals surface area contributed by atoms with Gasteiger partial charge >= 0.3 is 0 Å². The molecule has 1 aliphatic carbocycles. The van der Waals surface area contributed by atoms with Crippen molar-refractivity contribution in [2.45, 2.75) is 38.7 Å². The standard InChI is InChI=1S/C19H22N2O5S/c1-4-5-18-20-14(10-22)19(27-18)13-6-11-8-16(25-2)17(26-3)9-12(11)7-15(13)21(23)24/h7-9,13,22H,4-6,10H2,1-3H3. The number of methoxy groups -OCH3 is 2. The van der Waals surface area contributed by atoms with Crippen LogP contribution in [0.1, 0.15) is 46.0 Å². The van der Waals surface area contributed by atoms with Crippen LogP contribution in [0.15, 0.2) is 17.8 Å². The molecule has 1 aromatic heterocycles. The summed E-state index contributed by atoms with van der Waals surface area (Å²) in [7, 11) is 3.10. The number of hydrogen-bond acceptors (Lipinski definition) is 7. The molecule has 1 heterocycles. The molecule has 0 aliphatic heterocycles. The van der Waals surface area contributed by atoms with Crippen LogP contribution in [-0.4, -0.2) is 29.2 Å². The summed E-state index contributed by atoms with van der Waals surface area (Å²) in [5, 5.41) is 22.4. The number of aryl methyl sites for hydroxylation is 1. The number of fused-ring (bicyclic) bond motifs is 1. The number of hydrogen-bond donors (Lipinski definition) is 1. The summed E-state index contributed by atoms with van der Waals surface area (Å²) in [5.74, 6) is 0.676. The second-order valence-corrected chi connectivity index (χ2v) is 7.43. The van der Waals surface area contributed by atoms with Crippen LogP contribution in [0.5, 0.6) is 11.5 Å². The predicted molar refractivity (Wildman–Crippen MR) is 103 cm³/mol. The maximum atomic E-state index is 11.8. The lowest BCUT2D eigenvalue weighted by atomic mass is 9.85. The monoisotopic (exact) mass is 390 g/mol. The van der Waals surface area contributed by atoms with Gasteiger partial charge in [-0.05, 0) is 42.5 Å². The lowest BCUT2D eigenvalue weighted by Crippen LogP contribution is -2.17. The van der Waals surface area contributed by atoms with Gasteiger partial charge in [0, 0.05) is 11.0 Å². The highest BCUT2D eigenvalue weighted by molar-refractivity contribution is 7.11. The van der Waals surface area contributed by atoms with Gasteiger partial charge in [0.2, 0.25) is 0 Å². The van der Waals surface area contributed by atoms with Crippen LogP contribution in [0.25, 0.3) is 6.08 Å². The molecule has 2 aromatic rings. The second kappa shape index (κ2) is 8.06. The molecule has 0 fully saturated rings. The quantitative estimate of drug-likeness (QED) is 0.574. The van der Waals surface area contributed by atoms with Crippen molar-refractivity contribution in [3.63, 3.8) is 0 Å². The first kappa shape index (κ1) is 19.3. The molecule has 1 aromatic carbocycles. The number of allylic oxidation sites excluding steroid dienone is 1. The van der Waals surface area contributed by atoms with Gasteiger partial charge in [0.05, 0.1) is 42.4 Å². The Morgan fingerprint density at radius 3 is 2.63 bits per heavy atom. The molecule has 0 saturated heterocycles. The number of aromatic nitrogens is 1. The van der Waals surface area contributed by atoms with Gasteiger partial charge in [0.15, 0.2) is 11.5 Å². The van der Waals surface area contributed by atoms with Gasteiger partial charge in [-0.25, -0.2) is 4.98 Å². The predicted octanol–water partition coefficient (Wildman–Crippen LogP) is 3.56. The van der Waals surface area contributed by atoms with Crippen molar-refractivity contribution in [3.05, 3.63) is 54.6 Å². The van der Waals surface area contributed by atoms with E-state index >= 15 is 0 Å². The zero-order chi connectivity index (χ0) is 19.6. The summed E-state index contributed by atoms with van der Waals surface area (Å²) < 4.78 is 10.7. The first-order chi connectivity index (χ1) is 13.0. The third kappa shape index (κ3) is 3.68. The van der Waals surface area contributed by atoms with Crippen molar-refractivity contribution in [2.24, 2.45) is 0 Å². The minimum absolute atomic E-state index is 0.108. The second-order valence-electron chi connectivity index (χ2n) is 6.32. The summed E-state index contributed by atoms with van der Waals surface area (Å²) in [5.41, 5.74) is 2.33. The van der Waals surface area contributed by atoms with E-state index in [1.165, 1.54) is 18.4 Å². The number of aliphatic hydroxyl groups is 1. The Labute approximate surface area is 161 Å². The Hall–Kier alpha value is -2.45. The molecule has 3 rings (SSSR count). The van der Waals surface area contributed by atoms with Crippen LogP contribution in [0.2, 0.25) is 0 Å². The van der Waals surface area contributed by atoms with Gasteiger partial charge in [-0.1, -0.05) is 6.92 Å². The third-order valence-electron chi connectivity index (χ3n) is 4.64.